The number of aromatic amines is 1. The Morgan fingerprint density at radius 1 is 1.24 bits per heavy atom. The number of aromatic nitrogens is 3. The molecule has 17 heavy (non-hydrogen) atoms. The van der Waals surface area contributed by atoms with Gasteiger partial charge in [0.1, 0.15) is 11.6 Å². The minimum absolute atomic E-state index is 0.365. The van der Waals surface area contributed by atoms with Crippen LogP contribution >= 0.6 is 11.6 Å². The molecule has 0 fully saturated rings. The van der Waals surface area contributed by atoms with Crippen molar-refractivity contribution in [3.05, 3.63) is 47.5 Å². The molecule has 0 aliphatic heterocycles. The summed E-state index contributed by atoms with van der Waals surface area (Å²) in [6, 6.07) is 6.26. The van der Waals surface area contributed by atoms with E-state index >= 15 is 0 Å². The zero-order valence-corrected chi connectivity index (χ0v) is 9.37. The van der Waals surface area contributed by atoms with Crippen LogP contribution in [-0.2, 0) is 0 Å². The topological polar surface area (TPSA) is 41.6 Å². The number of pyridine rings is 1. The van der Waals surface area contributed by atoms with Crippen molar-refractivity contribution in [3.8, 4) is 11.4 Å². The predicted molar refractivity (Wildman–Crippen MR) is 64.3 cm³/mol. The summed E-state index contributed by atoms with van der Waals surface area (Å²) >= 11 is 5.70. The Morgan fingerprint density at radius 3 is 2.88 bits per heavy atom. The van der Waals surface area contributed by atoms with E-state index in [0.717, 1.165) is 11.0 Å². The van der Waals surface area contributed by atoms with E-state index in [2.05, 4.69) is 15.0 Å². The van der Waals surface area contributed by atoms with E-state index in [1.54, 1.807) is 30.6 Å². The summed E-state index contributed by atoms with van der Waals surface area (Å²) in [4.78, 5) is 11.3. The van der Waals surface area contributed by atoms with Gasteiger partial charge in [-0.05, 0) is 24.3 Å². The van der Waals surface area contributed by atoms with Gasteiger partial charge in [0.05, 0.1) is 22.8 Å². The normalized spacial score (nSPS) is 10.9. The third-order valence-corrected chi connectivity index (χ3v) is 2.70. The number of hydrogen-bond donors (Lipinski definition) is 1. The second-order valence-electron chi connectivity index (χ2n) is 3.60. The van der Waals surface area contributed by atoms with Crippen LogP contribution in [0, 0.1) is 5.82 Å². The lowest BCUT2D eigenvalue weighted by molar-refractivity contribution is 0.630. The van der Waals surface area contributed by atoms with Crippen LogP contribution in [0.15, 0.2) is 36.7 Å². The molecule has 0 bridgehead atoms. The first kappa shape index (κ1) is 10.2. The molecule has 1 N–H and O–H groups in total. The maximum Gasteiger partial charge on any atom is 0.141 e. The van der Waals surface area contributed by atoms with Gasteiger partial charge < -0.3 is 4.98 Å². The van der Waals surface area contributed by atoms with Gasteiger partial charge in [-0.25, -0.2) is 9.37 Å². The van der Waals surface area contributed by atoms with Gasteiger partial charge in [0, 0.05) is 11.2 Å². The summed E-state index contributed by atoms with van der Waals surface area (Å²) in [5.41, 5.74) is 1.92. The molecule has 5 heteroatoms. The quantitative estimate of drug-likeness (QED) is 0.716. The molecular weight excluding hydrogens is 241 g/mol. The molecule has 0 aliphatic carbocycles. The largest absolute Gasteiger partial charge is 0.337 e. The first-order chi connectivity index (χ1) is 8.24. The van der Waals surface area contributed by atoms with Gasteiger partial charge in [-0.15, -0.1) is 0 Å². The SMILES string of the molecule is Fc1cc(Cl)ccc1-c1nc2ccncc2[nH]1. The Labute approximate surface area is 101 Å². The number of nitrogens with one attached hydrogen (secondary N) is 1. The van der Waals surface area contributed by atoms with Crippen LogP contribution in [0.2, 0.25) is 5.02 Å². The fourth-order valence-corrected chi connectivity index (χ4v) is 1.82. The lowest BCUT2D eigenvalue weighted by Crippen LogP contribution is -1.85. The smallest absolute Gasteiger partial charge is 0.141 e. The number of nitrogens with zero attached hydrogens (tertiary/aromatic N) is 2. The molecule has 0 saturated carbocycles. The average molecular weight is 248 g/mol. The Balaban J connectivity index is 2.20. The van der Waals surface area contributed by atoms with Crippen LogP contribution in [0.1, 0.15) is 0 Å². The lowest BCUT2D eigenvalue weighted by Gasteiger charge is -1.99. The summed E-state index contributed by atoms with van der Waals surface area (Å²) in [6.07, 6.45) is 3.30. The van der Waals surface area contributed by atoms with Crippen molar-refractivity contribution < 1.29 is 4.39 Å². The van der Waals surface area contributed by atoms with Crippen LogP contribution < -0.4 is 0 Å². The van der Waals surface area contributed by atoms with Crippen molar-refractivity contribution in [1.29, 1.82) is 0 Å². The van der Waals surface area contributed by atoms with E-state index in [0.29, 0.717) is 16.4 Å². The molecule has 0 spiro atoms. The van der Waals surface area contributed by atoms with Gasteiger partial charge in [0.2, 0.25) is 0 Å². The van der Waals surface area contributed by atoms with Crippen LogP contribution in [0.25, 0.3) is 22.4 Å². The summed E-state index contributed by atoms with van der Waals surface area (Å²) < 4.78 is 13.7. The van der Waals surface area contributed by atoms with Gasteiger partial charge in [-0.3, -0.25) is 4.98 Å². The van der Waals surface area contributed by atoms with Crippen LogP contribution in [0.4, 0.5) is 4.39 Å². The van der Waals surface area contributed by atoms with Gasteiger partial charge in [0.15, 0.2) is 0 Å². The van der Waals surface area contributed by atoms with Crippen LogP contribution in [0.5, 0.6) is 0 Å². The maximum atomic E-state index is 13.7. The Morgan fingerprint density at radius 2 is 2.12 bits per heavy atom. The van der Waals surface area contributed by atoms with Crippen molar-refractivity contribution in [2.24, 2.45) is 0 Å². The molecule has 3 nitrogen and oxygen atoms in total. The minimum Gasteiger partial charge on any atom is -0.337 e. The van der Waals surface area contributed by atoms with Crippen LogP contribution in [-0.4, -0.2) is 15.0 Å². The second-order valence-corrected chi connectivity index (χ2v) is 4.04. The molecule has 3 rings (SSSR count). The molecule has 84 valence electrons. The van der Waals surface area contributed by atoms with E-state index in [4.69, 9.17) is 11.6 Å². The zero-order valence-electron chi connectivity index (χ0n) is 8.61. The molecule has 0 aliphatic rings. The molecule has 2 aromatic heterocycles. The average Bonchev–Trinajstić information content (AvgIpc) is 2.72. The van der Waals surface area contributed by atoms with Crippen molar-refractivity contribution in [3.63, 3.8) is 0 Å². The highest BCUT2D eigenvalue weighted by Gasteiger charge is 2.10. The second kappa shape index (κ2) is 3.82. The van der Waals surface area contributed by atoms with Crippen molar-refractivity contribution in [2.45, 2.75) is 0 Å². The number of benzene rings is 1. The number of H-pyrrole nitrogens is 1. The zero-order chi connectivity index (χ0) is 11.8. The predicted octanol–water partition coefficient (Wildman–Crippen LogP) is 3.42. The van der Waals surface area contributed by atoms with Crippen LogP contribution in [0.3, 0.4) is 0 Å². The van der Waals surface area contributed by atoms with E-state index in [9.17, 15) is 4.39 Å². The van der Waals surface area contributed by atoms with Gasteiger partial charge in [-0.1, -0.05) is 11.6 Å². The van der Waals surface area contributed by atoms with Gasteiger partial charge in [0.25, 0.3) is 0 Å². The molecule has 1 aromatic carbocycles. The summed E-state index contributed by atoms with van der Waals surface area (Å²) in [7, 11) is 0. The molecule has 2 heterocycles. The molecule has 0 amide bonds. The van der Waals surface area contributed by atoms with Crippen molar-refractivity contribution in [1.82, 2.24) is 15.0 Å². The minimum atomic E-state index is -0.399. The van der Waals surface area contributed by atoms with E-state index in [1.807, 2.05) is 0 Å². The third-order valence-electron chi connectivity index (χ3n) is 2.47. The fourth-order valence-electron chi connectivity index (χ4n) is 1.67. The van der Waals surface area contributed by atoms with Crippen molar-refractivity contribution >= 4 is 22.6 Å². The molecule has 0 unspecified atom stereocenters. The highest BCUT2D eigenvalue weighted by atomic mass is 35.5. The lowest BCUT2D eigenvalue weighted by atomic mass is 10.2. The van der Waals surface area contributed by atoms with Gasteiger partial charge in [-0.2, -0.15) is 0 Å². The van der Waals surface area contributed by atoms with E-state index in [-0.39, 0.29) is 0 Å². The first-order valence-corrected chi connectivity index (χ1v) is 5.37. The van der Waals surface area contributed by atoms with E-state index < -0.39 is 5.82 Å². The van der Waals surface area contributed by atoms with E-state index in [1.165, 1.54) is 6.07 Å². The monoisotopic (exact) mass is 247 g/mol. The molecule has 0 saturated heterocycles. The fraction of sp³-hybridized carbons (Fsp3) is 0. The Kier molecular flexibility index (Phi) is 2.30. The third kappa shape index (κ3) is 1.76. The highest BCUT2D eigenvalue weighted by Crippen LogP contribution is 2.24. The maximum absolute atomic E-state index is 13.7. The number of fused-ring (bicyclic) bond motifs is 1. The highest BCUT2D eigenvalue weighted by molar-refractivity contribution is 6.30. The number of rotatable bonds is 1. The number of hydrogen-bond acceptors (Lipinski definition) is 2. The summed E-state index contributed by atoms with van der Waals surface area (Å²) in [5.74, 6) is 0.0756. The van der Waals surface area contributed by atoms with Crippen molar-refractivity contribution in [2.75, 3.05) is 0 Å². The molecule has 0 radical (unpaired) electrons. The number of halogens is 2. The summed E-state index contributed by atoms with van der Waals surface area (Å²) in [6.45, 7) is 0. The summed E-state index contributed by atoms with van der Waals surface area (Å²) in [5, 5.41) is 0.365. The molecular formula is C12H7ClFN3. The molecule has 3 aromatic rings. The Bertz CT molecular complexity index is 660. The Hall–Kier alpha value is -1.94. The number of imidazole rings is 1. The first-order valence-electron chi connectivity index (χ1n) is 4.99. The van der Waals surface area contributed by atoms with Gasteiger partial charge >= 0.3 is 0 Å². The molecule has 0 atom stereocenters. The standard InChI is InChI=1S/C12H7ClFN3/c13-7-1-2-8(9(14)5-7)12-16-10-3-4-15-6-11(10)17-12/h1-6H,(H,16,17).